The van der Waals surface area contributed by atoms with E-state index >= 15 is 0 Å². The molecule has 0 bridgehead atoms. The number of hydrogen-bond acceptors (Lipinski definition) is 4. The fourth-order valence-corrected chi connectivity index (χ4v) is 5.52. The molecule has 1 aromatic carbocycles. The van der Waals surface area contributed by atoms with Crippen molar-refractivity contribution < 1.29 is 18.0 Å². The molecule has 37 heavy (non-hydrogen) atoms. The Bertz CT molecular complexity index is 1480. The van der Waals surface area contributed by atoms with E-state index in [-0.39, 0.29) is 17.5 Å². The number of halogens is 3. The molecule has 6 rings (SSSR count). The average molecular weight is 509 g/mol. The van der Waals surface area contributed by atoms with Gasteiger partial charge < -0.3 is 15.2 Å². The van der Waals surface area contributed by atoms with Crippen molar-refractivity contribution >= 4 is 16.9 Å². The smallest absolute Gasteiger partial charge is 0.346 e. The molecule has 2 aliphatic rings. The molecule has 0 saturated carbocycles. The molecule has 0 unspecified atom stereocenters. The molecule has 4 aromatic rings. The molecular formula is C27H27F3N6O. The highest BCUT2D eigenvalue weighted by Crippen LogP contribution is 2.36. The Labute approximate surface area is 211 Å². The highest BCUT2D eigenvalue weighted by molar-refractivity contribution is 5.94. The third kappa shape index (κ3) is 4.61. The van der Waals surface area contributed by atoms with Crippen LogP contribution >= 0.6 is 0 Å². The lowest BCUT2D eigenvalue weighted by molar-refractivity contribution is -0.142. The second-order valence-corrected chi connectivity index (χ2v) is 9.96. The van der Waals surface area contributed by atoms with Gasteiger partial charge in [-0.1, -0.05) is 6.07 Å². The van der Waals surface area contributed by atoms with Gasteiger partial charge in [0.05, 0.1) is 11.8 Å². The number of H-pyrrole nitrogens is 1. The maximum Gasteiger partial charge on any atom is 0.408 e. The number of aromatic amines is 1. The van der Waals surface area contributed by atoms with Gasteiger partial charge in [0.1, 0.15) is 12.2 Å². The summed E-state index contributed by atoms with van der Waals surface area (Å²) in [7, 11) is 0. The zero-order chi connectivity index (χ0) is 25.7. The largest absolute Gasteiger partial charge is 0.408 e. The monoisotopic (exact) mass is 508 g/mol. The highest BCUT2D eigenvalue weighted by Gasteiger charge is 2.31. The van der Waals surface area contributed by atoms with Crippen LogP contribution in [0, 0.1) is 6.92 Å². The van der Waals surface area contributed by atoms with E-state index in [1.54, 1.807) is 4.90 Å². The molecule has 1 atom stereocenters. The fourth-order valence-electron chi connectivity index (χ4n) is 5.52. The zero-order valence-corrected chi connectivity index (χ0v) is 20.4. The van der Waals surface area contributed by atoms with Crippen molar-refractivity contribution in [3.63, 3.8) is 0 Å². The van der Waals surface area contributed by atoms with Crippen molar-refractivity contribution in [3.05, 3.63) is 70.8 Å². The van der Waals surface area contributed by atoms with E-state index in [0.717, 1.165) is 57.4 Å². The van der Waals surface area contributed by atoms with Crippen LogP contribution < -0.4 is 5.32 Å². The van der Waals surface area contributed by atoms with Crippen molar-refractivity contribution in [1.29, 1.82) is 0 Å². The minimum Gasteiger partial charge on any atom is -0.346 e. The van der Waals surface area contributed by atoms with E-state index in [1.807, 2.05) is 12.4 Å². The topological polar surface area (TPSA) is 78.8 Å². The quantitative estimate of drug-likeness (QED) is 0.410. The highest BCUT2D eigenvalue weighted by atomic mass is 19.4. The van der Waals surface area contributed by atoms with E-state index in [4.69, 9.17) is 0 Å². The number of nitrogens with zero attached hydrogens (tertiary/aromatic N) is 4. The minimum atomic E-state index is -4.39. The number of nitrogens with one attached hydrogen (secondary N) is 2. The summed E-state index contributed by atoms with van der Waals surface area (Å²) in [5, 5.41) is 8.43. The van der Waals surface area contributed by atoms with Crippen molar-refractivity contribution in [2.75, 3.05) is 13.1 Å². The Morgan fingerprint density at radius 3 is 2.84 bits per heavy atom. The number of carbonyl (C=O) groups excluding carboxylic acids is 1. The molecule has 1 amide bonds. The number of aromatic nitrogens is 4. The molecule has 5 heterocycles. The number of hydrogen-bond donors (Lipinski definition) is 2. The van der Waals surface area contributed by atoms with Gasteiger partial charge in [0.2, 0.25) is 0 Å². The van der Waals surface area contributed by atoms with Crippen LogP contribution in [0.25, 0.3) is 22.2 Å². The molecule has 2 N–H and O–H groups in total. The lowest BCUT2D eigenvalue weighted by Crippen LogP contribution is -2.37. The number of pyridine rings is 1. The van der Waals surface area contributed by atoms with Crippen LogP contribution in [0.15, 0.2) is 43.0 Å². The molecule has 0 spiro atoms. The van der Waals surface area contributed by atoms with Gasteiger partial charge in [0, 0.05) is 48.7 Å². The number of fused-ring (bicyclic) bond motifs is 2. The fraction of sp³-hybridized carbons (Fsp3) is 0.370. The lowest BCUT2D eigenvalue weighted by atomic mass is 9.87. The van der Waals surface area contributed by atoms with Gasteiger partial charge in [-0.05, 0) is 72.7 Å². The maximum atomic E-state index is 13.2. The van der Waals surface area contributed by atoms with Crippen LogP contribution in [-0.4, -0.2) is 49.8 Å². The van der Waals surface area contributed by atoms with Crippen molar-refractivity contribution in [3.8, 4) is 11.1 Å². The van der Waals surface area contributed by atoms with Gasteiger partial charge in [0.25, 0.3) is 5.91 Å². The van der Waals surface area contributed by atoms with Gasteiger partial charge in [-0.15, -0.1) is 0 Å². The summed E-state index contributed by atoms with van der Waals surface area (Å²) in [6, 6.07) is 6.77. The number of amides is 1. The second kappa shape index (κ2) is 9.02. The van der Waals surface area contributed by atoms with E-state index in [1.165, 1.54) is 23.5 Å². The van der Waals surface area contributed by atoms with Crippen molar-refractivity contribution in [2.45, 2.75) is 51.5 Å². The first-order valence-corrected chi connectivity index (χ1v) is 12.5. The van der Waals surface area contributed by atoms with Gasteiger partial charge in [-0.25, -0.2) is 4.98 Å². The Kier molecular flexibility index (Phi) is 5.78. The summed E-state index contributed by atoms with van der Waals surface area (Å²) < 4.78 is 39.0. The minimum absolute atomic E-state index is 0.172. The molecule has 1 saturated heterocycles. The van der Waals surface area contributed by atoms with Crippen LogP contribution in [-0.2, 0) is 19.5 Å². The van der Waals surface area contributed by atoms with Crippen LogP contribution in [0.1, 0.15) is 51.5 Å². The standard InChI is InChI=1S/C27H27F3N6O/c1-16-10-32-25-21(16)9-19(11-33-25)18-7-17-4-6-35(14-23(17)22(8-18)24-3-2-5-31-24)26(37)20-12-34-36(13-20)15-27(28,29)30/h7-13,24,31H,2-6,14-15H2,1H3,(H,32,33)/t24-/m0/s1. The van der Waals surface area contributed by atoms with Crippen molar-refractivity contribution in [1.82, 2.24) is 30.0 Å². The first-order valence-electron chi connectivity index (χ1n) is 12.5. The Hall–Kier alpha value is -3.66. The lowest BCUT2D eigenvalue weighted by Gasteiger charge is -2.32. The molecule has 2 aliphatic heterocycles. The van der Waals surface area contributed by atoms with Crippen LogP contribution in [0.2, 0.25) is 0 Å². The molecule has 0 radical (unpaired) electrons. The Morgan fingerprint density at radius 2 is 2.05 bits per heavy atom. The van der Waals surface area contributed by atoms with E-state index in [9.17, 15) is 18.0 Å². The van der Waals surface area contributed by atoms with E-state index in [2.05, 4.69) is 45.5 Å². The van der Waals surface area contributed by atoms with Gasteiger partial charge in [0.15, 0.2) is 0 Å². The number of rotatable bonds is 4. The summed E-state index contributed by atoms with van der Waals surface area (Å²) in [6.07, 6.45) is 4.63. The second-order valence-electron chi connectivity index (χ2n) is 9.96. The number of alkyl halides is 3. The van der Waals surface area contributed by atoms with Crippen LogP contribution in [0.5, 0.6) is 0 Å². The summed E-state index contributed by atoms with van der Waals surface area (Å²) in [5.74, 6) is -0.300. The molecule has 3 aromatic heterocycles. The van der Waals surface area contributed by atoms with E-state index in [0.29, 0.717) is 19.5 Å². The molecule has 0 aliphatic carbocycles. The predicted octanol–water partition coefficient (Wildman–Crippen LogP) is 4.92. The molecular weight excluding hydrogens is 481 g/mol. The molecule has 7 nitrogen and oxygen atoms in total. The van der Waals surface area contributed by atoms with Crippen LogP contribution in [0.3, 0.4) is 0 Å². The maximum absolute atomic E-state index is 13.2. The number of carbonyl (C=O) groups is 1. The first-order chi connectivity index (χ1) is 17.7. The predicted molar refractivity (Wildman–Crippen MR) is 133 cm³/mol. The third-order valence-corrected chi connectivity index (χ3v) is 7.39. The third-order valence-electron chi connectivity index (χ3n) is 7.39. The van der Waals surface area contributed by atoms with Gasteiger partial charge >= 0.3 is 6.18 Å². The summed E-state index contributed by atoms with van der Waals surface area (Å²) in [4.78, 5) is 22.7. The Morgan fingerprint density at radius 1 is 1.19 bits per heavy atom. The summed E-state index contributed by atoms with van der Waals surface area (Å²) >= 11 is 0. The molecule has 1 fully saturated rings. The van der Waals surface area contributed by atoms with Gasteiger partial charge in [-0.2, -0.15) is 18.3 Å². The van der Waals surface area contributed by atoms with Gasteiger partial charge in [-0.3, -0.25) is 9.48 Å². The van der Waals surface area contributed by atoms with Crippen molar-refractivity contribution in [2.24, 2.45) is 0 Å². The first kappa shape index (κ1) is 23.7. The van der Waals surface area contributed by atoms with Crippen LogP contribution in [0.4, 0.5) is 13.2 Å². The number of benzene rings is 1. The zero-order valence-electron chi connectivity index (χ0n) is 20.4. The summed E-state index contributed by atoms with van der Waals surface area (Å²) in [6.45, 7) is 2.70. The average Bonchev–Trinajstić information content (AvgIpc) is 3.64. The van der Waals surface area contributed by atoms with E-state index < -0.39 is 12.7 Å². The number of aryl methyl sites for hydroxylation is 1. The summed E-state index contributed by atoms with van der Waals surface area (Å²) in [5.41, 5.74) is 7.84. The Balaban J connectivity index is 1.33. The SMILES string of the molecule is Cc1c[nH]c2ncc(-c3cc4c(c([C@@H]5CCCN5)c3)CN(C(=O)c3cnn(CC(F)(F)F)c3)CC4)cc12. The molecule has 10 heteroatoms. The molecule has 192 valence electrons. The normalized spacial score (nSPS) is 17.9.